The zero-order valence-corrected chi connectivity index (χ0v) is 16.8. The van der Waals surface area contributed by atoms with Gasteiger partial charge in [0, 0.05) is 0 Å². The van der Waals surface area contributed by atoms with Crippen molar-refractivity contribution in [3.63, 3.8) is 0 Å². The monoisotopic (exact) mass is 392 g/mol. The second-order valence-electron chi connectivity index (χ2n) is 4.94. The molecule has 118 valence electrons. The predicted octanol–water partition coefficient (Wildman–Crippen LogP) is 1.46. The molecular formula is C20H17BrMgO2. The van der Waals surface area contributed by atoms with Crippen LogP contribution in [-0.2, 0) is 0 Å². The Morgan fingerprint density at radius 2 is 1.08 bits per heavy atom. The third kappa shape index (κ3) is 4.76. The fraction of sp³-hybridized carbons (Fsp3) is 0.100. The Hall–Kier alpha value is -1.49. The molecular weight excluding hydrogens is 376 g/mol. The van der Waals surface area contributed by atoms with Crippen LogP contribution in [0.1, 0.15) is 0 Å². The van der Waals surface area contributed by atoms with Crippen LogP contribution in [0.2, 0.25) is 0 Å². The molecule has 0 aliphatic carbocycles. The van der Waals surface area contributed by atoms with Gasteiger partial charge in [0.2, 0.25) is 0 Å². The number of rotatable bonds is 4. The van der Waals surface area contributed by atoms with E-state index >= 15 is 0 Å². The van der Waals surface area contributed by atoms with Crippen LogP contribution in [0.4, 0.5) is 0 Å². The third-order valence-electron chi connectivity index (χ3n) is 3.56. The van der Waals surface area contributed by atoms with Gasteiger partial charge in [0.25, 0.3) is 0 Å². The summed E-state index contributed by atoms with van der Waals surface area (Å²) in [6, 6.07) is 25.6. The van der Waals surface area contributed by atoms with E-state index in [0.717, 1.165) is 33.8 Å². The molecule has 0 atom stereocenters. The number of halogens is 1. The third-order valence-corrected chi connectivity index (χ3v) is 3.56. The van der Waals surface area contributed by atoms with Gasteiger partial charge in [0.05, 0.1) is 14.2 Å². The quantitative estimate of drug-likeness (QED) is 0.494. The summed E-state index contributed by atoms with van der Waals surface area (Å²) in [6.07, 6.45) is 0. The minimum atomic E-state index is 0. The van der Waals surface area contributed by atoms with Crippen LogP contribution >= 0.6 is 0 Å². The Balaban J connectivity index is 0.00000144. The molecule has 0 amide bonds. The molecule has 0 radical (unpaired) electrons. The standard InChI is InChI=1S/C20H17O2.BrH.Mg/c1-21-19-10-4-8-17(13-19)15-6-3-7-16(12-15)18-9-5-11-20(14-18)22-2;;/h3-11,13-14H,1-2H3;1H;/q-1;;+2/p-1. The second-order valence-corrected chi connectivity index (χ2v) is 4.94. The molecule has 4 heteroatoms. The van der Waals surface area contributed by atoms with Crippen molar-refractivity contribution in [2.24, 2.45) is 0 Å². The number of ether oxygens (including phenoxy) is 2. The normalized spacial score (nSPS) is 9.42. The second kappa shape index (κ2) is 9.72. The Morgan fingerprint density at radius 1 is 0.667 bits per heavy atom. The van der Waals surface area contributed by atoms with Crippen LogP contribution in [0.15, 0.2) is 66.7 Å². The van der Waals surface area contributed by atoms with Crippen LogP contribution in [-0.4, -0.2) is 37.3 Å². The molecule has 0 aromatic heterocycles. The molecule has 0 saturated carbocycles. The van der Waals surface area contributed by atoms with Gasteiger partial charge < -0.3 is 26.5 Å². The summed E-state index contributed by atoms with van der Waals surface area (Å²) in [5.41, 5.74) is 4.26. The first kappa shape index (κ1) is 20.6. The van der Waals surface area contributed by atoms with Crippen molar-refractivity contribution in [1.29, 1.82) is 0 Å². The minimum absolute atomic E-state index is 0. The first-order valence-corrected chi connectivity index (χ1v) is 7.11. The summed E-state index contributed by atoms with van der Waals surface area (Å²) < 4.78 is 10.6. The summed E-state index contributed by atoms with van der Waals surface area (Å²) in [6.45, 7) is 0. The zero-order valence-electron chi connectivity index (χ0n) is 13.8. The summed E-state index contributed by atoms with van der Waals surface area (Å²) in [5, 5.41) is 0. The van der Waals surface area contributed by atoms with Gasteiger partial charge >= 0.3 is 23.1 Å². The van der Waals surface area contributed by atoms with E-state index in [1.54, 1.807) is 14.2 Å². The zero-order chi connectivity index (χ0) is 15.4. The van der Waals surface area contributed by atoms with Crippen molar-refractivity contribution in [3.05, 3.63) is 72.8 Å². The smallest absolute Gasteiger partial charge is 1.00 e. The van der Waals surface area contributed by atoms with E-state index in [-0.39, 0.29) is 40.0 Å². The van der Waals surface area contributed by atoms with Gasteiger partial charge in [-0.15, -0.1) is 35.4 Å². The molecule has 3 aromatic rings. The van der Waals surface area contributed by atoms with Crippen molar-refractivity contribution < 1.29 is 26.5 Å². The number of methoxy groups -OCH3 is 2. The van der Waals surface area contributed by atoms with E-state index in [0.29, 0.717) is 0 Å². The minimum Gasteiger partial charge on any atom is -1.00 e. The molecule has 3 aromatic carbocycles. The fourth-order valence-electron chi connectivity index (χ4n) is 2.39. The molecule has 0 aliphatic rings. The fourth-order valence-corrected chi connectivity index (χ4v) is 2.39. The molecule has 0 spiro atoms. The van der Waals surface area contributed by atoms with Crippen LogP contribution < -0.4 is 26.5 Å². The molecule has 0 unspecified atom stereocenters. The summed E-state index contributed by atoms with van der Waals surface area (Å²) in [5.74, 6) is 1.69. The van der Waals surface area contributed by atoms with Crippen molar-refractivity contribution in [1.82, 2.24) is 0 Å². The Morgan fingerprint density at radius 3 is 1.50 bits per heavy atom. The summed E-state index contributed by atoms with van der Waals surface area (Å²) in [4.78, 5) is 0. The molecule has 0 aliphatic heterocycles. The van der Waals surface area contributed by atoms with Gasteiger partial charge in [-0.2, -0.15) is 0 Å². The molecule has 3 rings (SSSR count). The van der Waals surface area contributed by atoms with E-state index in [9.17, 15) is 0 Å². The van der Waals surface area contributed by atoms with Gasteiger partial charge in [0.15, 0.2) is 0 Å². The van der Waals surface area contributed by atoms with Crippen LogP contribution in [0, 0.1) is 6.07 Å². The molecule has 0 bridgehead atoms. The van der Waals surface area contributed by atoms with Gasteiger partial charge in [0.1, 0.15) is 11.5 Å². The predicted molar refractivity (Wildman–Crippen MR) is 95.0 cm³/mol. The number of hydrogen-bond donors (Lipinski definition) is 0. The maximum atomic E-state index is 5.29. The van der Waals surface area contributed by atoms with Crippen LogP contribution in [0.25, 0.3) is 22.3 Å². The van der Waals surface area contributed by atoms with E-state index in [1.165, 1.54) is 0 Å². The molecule has 0 saturated heterocycles. The Kier molecular flexibility index (Phi) is 8.32. The molecule has 0 fully saturated rings. The molecule has 0 N–H and O–H groups in total. The van der Waals surface area contributed by atoms with Gasteiger partial charge in [-0.05, 0) is 24.3 Å². The SMILES string of the molecule is COc1cccc(-c2[c-]c(-c3cccc(OC)c3)ccc2)c1.[Br-].[Mg+2]. The molecule has 0 heterocycles. The van der Waals surface area contributed by atoms with Crippen molar-refractivity contribution in [3.8, 4) is 33.8 Å². The largest absolute Gasteiger partial charge is 2.00 e. The molecule has 24 heavy (non-hydrogen) atoms. The van der Waals surface area contributed by atoms with Gasteiger partial charge in [-0.25, -0.2) is 0 Å². The van der Waals surface area contributed by atoms with E-state index < -0.39 is 0 Å². The maximum absolute atomic E-state index is 5.29. The Labute approximate surface area is 169 Å². The first-order chi connectivity index (χ1) is 10.8. The topological polar surface area (TPSA) is 18.5 Å². The maximum Gasteiger partial charge on any atom is 2.00 e. The van der Waals surface area contributed by atoms with Gasteiger partial charge in [-0.3, -0.25) is 0 Å². The Bertz CT molecular complexity index is 727. The van der Waals surface area contributed by atoms with Crippen LogP contribution in [0.3, 0.4) is 0 Å². The van der Waals surface area contributed by atoms with Crippen molar-refractivity contribution in [2.75, 3.05) is 14.2 Å². The van der Waals surface area contributed by atoms with E-state index in [2.05, 4.69) is 30.3 Å². The summed E-state index contributed by atoms with van der Waals surface area (Å²) in [7, 11) is 3.35. The van der Waals surface area contributed by atoms with Crippen molar-refractivity contribution in [2.45, 2.75) is 0 Å². The number of benzene rings is 3. The first-order valence-electron chi connectivity index (χ1n) is 7.11. The van der Waals surface area contributed by atoms with E-state index in [4.69, 9.17) is 9.47 Å². The average molecular weight is 394 g/mol. The molecule has 2 nitrogen and oxygen atoms in total. The average Bonchev–Trinajstić information content (AvgIpc) is 2.62. The van der Waals surface area contributed by atoms with Crippen molar-refractivity contribution >= 4 is 23.1 Å². The van der Waals surface area contributed by atoms with Gasteiger partial charge in [-0.1, -0.05) is 35.4 Å². The summed E-state index contributed by atoms with van der Waals surface area (Å²) >= 11 is 0. The van der Waals surface area contributed by atoms with E-state index in [1.807, 2.05) is 42.5 Å². The van der Waals surface area contributed by atoms with Crippen LogP contribution in [0.5, 0.6) is 11.5 Å². The number of hydrogen-bond acceptors (Lipinski definition) is 2.